The van der Waals surface area contributed by atoms with Crippen LogP contribution in [0, 0.1) is 0 Å². The average Bonchev–Trinajstić information content (AvgIpc) is 3.01. The third-order valence-corrected chi connectivity index (χ3v) is 3.57. The highest BCUT2D eigenvalue weighted by atomic mass is 16.5. The summed E-state index contributed by atoms with van der Waals surface area (Å²) in [5.41, 5.74) is 2.51. The van der Waals surface area contributed by atoms with Crippen molar-refractivity contribution < 1.29 is 19.4 Å². The number of fused-ring (bicyclic) bond motifs is 1. The van der Waals surface area contributed by atoms with Gasteiger partial charge in [0.1, 0.15) is 11.3 Å². The second kappa shape index (κ2) is 6.57. The largest absolute Gasteiger partial charge is 0.465 e. The molecule has 9 heteroatoms. The first-order chi connectivity index (χ1) is 12.0. The fourth-order valence-electron chi connectivity index (χ4n) is 2.34. The van der Waals surface area contributed by atoms with Crippen molar-refractivity contribution in [3.63, 3.8) is 0 Å². The van der Waals surface area contributed by atoms with Crippen LogP contribution in [0.1, 0.15) is 22.0 Å². The van der Waals surface area contributed by atoms with Gasteiger partial charge in [0.15, 0.2) is 6.10 Å². The fraction of sp³-hybridized carbons (Fsp3) is 0.125. The van der Waals surface area contributed by atoms with Crippen molar-refractivity contribution in [1.82, 2.24) is 14.9 Å². The molecule has 3 N–H and O–H groups in total. The van der Waals surface area contributed by atoms with Crippen LogP contribution in [0.25, 0.3) is 11.3 Å². The number of carbonyl (C=O) groups is 2. The zero-order chi connectivity index (χ0) is 18.0. The van der Waals surface area contributed by atoms with Gasteiger partial charge in [0.2, 0.25) is 0 Å². The van der Waals surface area contributed by atoms with Gasteiger partial charge >= 0.3 is 5.97 Å². The number of benzene rings is 1. The van der Waals surface area contributed by atoms with E-state index in [2.05, 4.69) is 20.4 Å². The van der Waals surface area contributed by atoms with Crippen molar-refractivity contribution in [3.8, 4) is 11.3 Å². The van der Waals surface area contributed by atoms with E-state index in [0.717, 1.165) is 4.68 Å². The van der Waals surface area contributed by atoms with Gasteiger partial charge in [-0.1, -0.05) is 30.3 Å². The number of rotatable bonds is 4. The molecule has 1 aromatic rings. The number of nitrogens with zero attached hydrogens (tertiary/aromatic N) is 2. The van der Waals surface area contributed by atoms with Crippen LogP contribution in [-0.4, -0.2) is 39.0 Å². The lowest BCUT2D eigenvalue weighted by Gasteiger charge is -2.15. The molecule has 1 amide bonds. The Hall–Kier alpha value is -3.46. The van der Waals surface area contributed by atoms with Gasteiger partial charge in [-0.3, -0.25) is 19.7 Å². The van der Waals surface area contributed by atoms with E-state index in [9.17, 15) is 19.5 Å². The van der Waals surface area contributed by atoms with E-state index >= 15 is 0 Å². The molecule has 128 valence electrons. The number of H-pyrrole nitrogens is 1. The standard InChI is InChI=1S/C16H14N4O5/c1-25-16(24)11-8-20(7-10-12(11)17-18-14(10)22)19-15(23)13(21)9-5-3-2-4-6-9/h2-8,13,21H,1H3,(H,18,22)(H,19,23)/t13-/m1/s1. The molecule has 25 heavy (non-hydrogen) atoms. The third-order valence-electron chi connectivity index (χ3n) is 3.57. The molecule has 2 aliphatic heterocycles. The predicted octanol–water partition coefficient (Wildman–Crippen LogP) is 0.266. The van der Waals surface area contributed by atoms with Crippen LogP contribution in [0.3, 0.4) is 0 Å². The van der Waals surface area contributed by atoms with E-state index in [1.807, 2.05) is 0 Å². The molecule has 0 aliphatic carbocycles. The number of ether oxygens (including phenoxy) is 1. The molecular weight excluding hydrogens is 328 g/mol. The first-order valence-electron chi connectivity index (χ1n) is 7.24. The highest BCUT2D eigenvalue weighted by Crippen LogP contribution is 2.20. The fourth-order valence-corrected chi connectivity index (χ4v) is 2.34. The molecular formula is C16H14N4O5. The number of carbonyl (C=O) groups excluding carboxylic acids is 2. The van der Waals surface area contributed by atoms with Gasteiger partial charge in [0, 0.05) is 12.4 Å². The van der Waals surface area contributed by atoms with E-state index in [4.69, 9.17) is 0 Å². The van der Waals surface area contributed by atoms with Gasteiger partial charge in [0.05, 0.1) is 12.7 Å². The molecule has 0 bridgehead atoms. The number of pyridine rings is 1. The maximum absolute atomic E-state index is 12.2. The number of methoxy groups -OCH3 is 1. The van der Waals surface area contributed by atoms with Crippen LogP contribution >= 0.6 is 0 Å². The normalized spacial score (nSPS) is 11.9. The van der Waals surface area contributed by atoms with Crippen molar-refractivity contribution in [3.05, 3.63) is 64.2 Å². The van der Waals surface area contributed by atoms with Crippen molar-refractivity contribution in [2.24, 2.45) is 0 Å². The number of esters is 1. The Morgan fingerprint density at radius 3 is 2.68 bits per heavy atom. The molecule has 0 fully saturated rings. The van der Waals surface area contributed by atoms with Crippen LogP contribution in [0.5, 0.6) is 0 Å². The number of aromatic amines is 1. The summed E-state index contributed by atoms with van der Waals surface area (Å²) in [5, 5.41) is 16.1. The minimum atomic E-state index is -1.41. The van der Waals surface area contributed by atoms with Gasteiger partial charge in [0.25, 0.3) is 11.5 Å². The average molecular weight is 342 g/mol. The minimum Gasteiger partial charge on any atom is -0.465 e. The summed E-state index contributed by atoms with van der Waals surface area (Å²) in [7, 11) is 1.19. The second-order valence-corrected chi connectivity index (χ2v) is 5.18. The molecule has 0 saturated carbocycles. The number of aliphatic hydroxyl groups excluding tert-OH is 1. The van der Waals surface area contributed by atoms with Gasteiger partial charge in [-0.25, -0.2) is 9.89 Å². The first kappa shape index (κ1) is 16.4. The first-order valence-corrected chi connectivity index (χ1v) is 7.24. The molecule has 1 atom stereocenters. The molecule has 0 unspecified atom stereocenters. The van der Waals surface area contributed by atoms with Crippen LogP contribution in [0.4, 0.5) is 0 Å². The van der Waals surface area contributed by atoms with E-state index in [1.54, 1.807) is 30.3 Å². The SMILES string of the molecule is COC(=O)c1cn(NC(=O)[C@H](O)c2ccccc2)cc2c(=O)[nH]nc1-2. The second-order valence-electron chi connectivity index (χ2n) is 5.18. The number of aliphatic hydroxyl groups is 1. The molecule has 0 saturated heterocycles. The summed E-state index contributed by atoms with van der Waals surface area (Å²) < 4.78 is 5.77. The maximum Gasteiger partial charge on any atom is 0.341 e. The summed E-state index contributed by atoms with van der Waals surface area (Å²) in [6.45, 7) is 0. The zero-order valence-corrected chi connectivity index (χ0v) is 13.1. The zero-order valence-electron chi connectivity index (χ0n) is 13.1. The maximum atomic E-state index is 12.2. The Morgan fingerprint density at radius 2 is 2.00 bits per heavy atom. The molecule has 0 radical (unpaired) electrons. The Labute approximate surface area is 141 Å². The van der Waals surface area contributed by atoms with Crippen LogP contribution in [-0.2, 0) is 9.53 Å². The predicted molar refractivity (Wildman–Crippen MR) is 86.6 cm³/mol. The van der Waals surface area contributed by atoms with E-state index in [1.165, 1.54) is 19.5 Å². The van der Waals surface area contributed by atoms with E-state index in [-0.39, 0.29) is 16.8 Å². The van der Waals surface area contributed by atoms with Crippen molar-refractivity contribution in [2.75, 3.05) is 12.5 Å². The van der Waals surface area contributed by atoms with Crippen LogP contribution in [0.15, 0.2) is 47.5 Å². The number of hydrogen-bond acceptors (Lipinski definition) is 6. The number of nitrogens with one attached hydrogen (secondary N) is 2. The molecule has 2 heterocycles. The summed E-state index contributed by atoms with van der Waals surface area (Å²) in [6, 6.07) is 8.34. The summed E-state index contributed by atoms with van der Waals surface area (Å²) in [4.78, 5) is 35.9. The lowest BCUT2D eigenvalue weighted by Crippen LogP contribution is -2.29. The quantitative estimate of drug-likeness (QED) is 0.584. The molecule has 3 rings (SSSR count). The Morgan fingerprint density at radius 1 is 1.28 bits per heavy atom. The Kier molecular flexibility index (Phi) is 4.31. The molecule has 0 spiro atoms. The van der Waals surface area contributed by atoms with Crippen LogP contribution in [0.2, 0.25) is 0 Å². The third kappa shape index (κ3) is 3.12. The van der Waals surface area contributed by atoms with Crippen molar-refractivity contribution >= 4 is 11.9 Å². The summed E-state index contributed by atoms with van der Waals surface area (Å²) in [6.07, 6.45) is 1.13. The molecule has 2 aliphatic rings. The number of hydrogen-bond donors (Lipinski definition) is 3. The number of aromatic nitrogens is 3. The number of amides is 1. The lowest BCUT2D eigenvalue weighted by atomic mass is 10.1. The Bertz CT molecular complexity index is 947. The highest BCUT2D eigenvalue weighted by Gasteiger charge is 2.23. The Balaban J connectivity index is 1.94. The van der Waals surface area contributed by atoms with Crippen LogP contribution < -0.4 is 11.0 Å². The smallest absolute Gasteiger partial charge is 0.341 e. The van der Waals surface area contributed by atoms with Crippen molar-refractivity contribution in [2.45, 2.75) is 6.10 Å². The molecule has 9 nitrogen and oxygen atoms in total. The summed E-state index contributed by atoms with van der Waals surface area (Å²) in [5.74, 6) is -1.45. The van der Waals surface area contributed by atoms with Gasteiger partial charge in [-0.2, -0.15) is 5.10 Å². The summed E-state index contributed by atoms with van der Waals surface area (Å²) >= 11 is 0. The topological polar surface area (TPSA) is 126 Å². The van der Waals surface area contributed by atoms with Gasteiger partial charge < -0.3 is 9.84 Å². The monoisotopic (exact) mass is 342 g/mol. The van der Waals surface area contributed by atoms with Crippen molar-refractivity contribution in [1.29, 1.82) is 0 Å². The molecule has 0 aromatic heterocycles. The van der Waals surface area contributed by atoms with E-state index < -0.39 is 23.5 Å². The highest BCUT2D eigenvalue weighted by molar-refractivity contribution is 5.96. The van der Waals surface area contributed by atoms with Gasteiger partial charge in [-0.15, -0.1) is 0 Å². The van der Waals surface area contributed by atoms with E-state index in [0.29, 0.717) is 5.56 Å². The minimum absolute atomic E-state index is 0.00662. The lowest BCUT2D eigenvalue weighted by molar-refractivity contribution is -0.125. The van der Waals surface area contributed by atoms with Gasteiger partial charge in [-0.05, 0) is 5.56 Å². The molecule has 1 aromatic carbocycles.